The lowest BCUT2D eigenvalue weighted by molar-refractivity contribution is 0.138. The largest absolute Gasteiger partial charge is 0.457 e. The second-order valence-corrected chi connectivity index (χ2v) is 13.3. The van der Waals surface area contributed by atoms with Gasteiger partial charge in [0.2, 0.25) is 10.0 Å². The lowest BCUT2D eigenvalue weighted by Gasteiger charge is -2.37. The van der Waals surface area contributed by atoms with Crippen molar-refractivity contribution in [2.45, 2.75) is 70.1 Å². The molecular formula is C33H43ClN4O4S. The third kappa shape index (κ3) is 10.2. The molecular weight excluding hydrogens is 584 g/mol. The molecule has 43 heavy (non-hydrogen) atoms. The van der Waals surface area contributed by atoms with Gasteiger partial charge in [-0.15, -0.1) is 12.4 Å². The zero-order valence-electron chi connectivity index (χ0n) is 24.8. The number of amides is 2. The fourth-order valence-electron chi connectivity index (χ4n) is 5.89. The van der Waals surface area contributed by atoms with Gasteiger partial charge in [-0.2, -0.15) is 0 Å². The molecule has 0 unspecified atom stereocenters. The van der Waals surface area contributed by atoms with Crippen molar-refractivity contribution in [1.29, 1.82) is 0 Å². The minimum absolute atomic E-state index is 0. The lowest BCUT2D eigenvalue weighted by atomic mass is 9.94. The highest BCUT2D eigenvalue weighted by molar-refractivity contribution is 7.92. The second-order valence-electron chi connectivity index (χ2n) is 11.5. The minimum atomic E-state index is -3.31. The maximum Gasteiger partial charge on any atom is 0.318 e. The first-order chi connectivity index (χ1) is 20.3. The number of urea groups is 1. The summed E-state index contributed by atoms with van der Waals surface area (Å²) in [5.74, 6) is 1.36. The van der Waals surface area contributed by atoms with Crippen LogP contribution in [-0.4, -0.2) is 55.7 Å². The van der Waals surface area contributed by atoms with E-state index in [1.807, 2.05) is 30.3 Å². The zero-order valence-corrected chi connectivity index (χ0v) is 26.4. The van der Waals surface area contributed by atoms with Gasteiger partial charge in [-0.25, -0.2) is 13.2 Å². The Kier molecular flexibility index (Phi) is 11.7. The van der Waals surface area contributed by atoms with Crippen molar-refractivity contribution >= 4 is 34.1 Å². The molecule has 1 aliphatic heterocycles. The smallest absolute Gasteiger partial charge is 0.318 e. The molecule has 0 atom stereocenters. The highest BCUT2D eigenvalue weighted by atomic mass is 35.5. The van der Waals surface area contributed by atoms with Gasteiger partial charge < -0.3 is 15.0 Å². The number of benzene rings is 3. The van der Waals surface area contributed by atoms with Crippen molar-refractivity contribution in [3.05, 3.63) is 90.0 Å². The standard InChI is InChI=1S/C33H42N4O4S.ClH/c1-42(39,40)35-29-14-18-32(19-15-29)41-31-16-12-27(13-17-31)24-36-22-20-28(21-23-36)34-33(38)37(30-10-6-3-7-11-30)25-26-8-4-2-5-9-26;/h2,4-5,8-9,12-19,28,30,35H,3,6-7,10-11,20-25H2,1H3,(H,34,38);1H. The first kappa shape index (κ1) is 32.6. The maximum absolute atomic E-state index is 13.5. The van der Waals surface area contributed by atoms with Crippen LogP contribution in [0.2, 0.25) is 0 Å². The van der Waals surface area contributed by atoms with Gasteiger partial charge in [0, 0.05) is 44.0 Å². The molecule has 0 bridgehead atoms. The monoisotopic (exact) mass is 626 g/mol. The summed E-state index contributed by atoms with van der Waals surface area (Å²) in [6.45, 7) is 3.41. The highest BCUT2D eigenvalue weighted by Gasteiger charge is 2.28. The van der Waals surface area contributed by atoms with Crippen LogP contribution in [0.15, 0.2) is 78.9 Å². The van der Waals surface area contributed by atoms with E-state index in [0.717, 1.165) is 57.3 Å². The van der Waals surface area contributed by atoms with E-state index in [9.17, 15) is 13.2 Å². The lowest BCUT2D eigenvalue weighted by Crippen LogP contribution is -2.52. The first-order valence-electron chi connectivity index (χ1n) is 15.0. The number of sulfonamides is 1. The number of carbonyl (C=O) groups excluding carboxylic acids is 1. The Morgan fingerprint density at radius 1 is 0.837 bits per heavy atom. The fraction of sp³-hybridized carbons (Fsp3) is 0.424. The van der Waals surface area contributed by atoms with Crippen LogP contribution in [0.3, 0.4) is 0 Å². The van der Waals surface area contributed by atoms with E-state index in [0.29, 0.717) is 24.0 Å². The normalized spacial score (nSPS) is 16.6. The van der Waals surface area contributed by atoms with E-state index in [4.69, 9.17) is 4.74 Å². The predicted molar refractivity (Wildman–Crippen MR) is 174 cm³/mol. The van der Waals surface area contributed by atoms with Crippen LogP contribution in [0.4, 0.5) is 10.5 Å². The molecule has 3 aromatic rings. The number of nitrogens with zero attached hydrogens (tertiary/aromatic N) is 2. The van der Waals surface area contributed by atoms with Crippen molar-refractivity contribution in [2.24, 2.45) is 0 Å². The van der Waals surface area contributed by atoms with E-state index in [1.54, 1.807) is 24.3 Å². The minimum Gasteiger partial charge on any atom is -0.457 e. The van der Waals surface area contributed by atoms with Crippen molar-refractivity contribution in [3.63, 3.8) is 0 Å². The van der Waals surface area contributed by atoms with Gasteiger partial charge in [0.25, 0.3) is 0 Å². The molecule has 2 aliphatic rings. The summed E-state index contributed by atoms with van der Waals surface area (Å²) < 4.78 is 31.1. The number of piperidine rings is 1. The molecule has 0 radical (unpaired) electrons. The summed E-state index contributed by atoms with van der Waals surface area (Å²) in [6.07, 6.45) is 8.88. The molecule has 2 N–H and O–H groups in total. The molecule has 5 rings (SSSR count). The Morgan fingerprint density at radius 3 is 2.05 bits per heavy atom. The van der Waals surface area contributed by atoms with Crippen molar-refractivity contribution in [2.75, 3.05) is 24.1 Å². The number of nitrogens with one attached hydrogen (secondary N) is 2. The zero-order chi connectivity index (χ0) is 29.4. The van der Waals surface area contributed by atoms with Gasteiger partial charge in [0.15, 0.2) is 0 Å². The quantitative estimate of drug-likeness (QED) is 0.259. The summed E-state index contributed by atoms with van der Waals surface area (Å²) in [4.78, 5) is 18.0. The van der Waals surface area contributed by atoms with Gasteiger partial charge in [-0.1, -0.05) is 61.7 Å². The highest BCUT2D eigenvalue weighted by Crippen LogP contribution is 2.26. The van der Waals surface area contributed by atoms with Crippen LogP contribution in [0, 0.1) is 0 Å². The predicted octanol–water partition coefficient (Wildman–Crippen LogP) is 6.78. The fourth-order valence-corrected chi connectivity index (χ4v) is 6.46. The topological polar surface area (TPSA) is 91.0 Å². The van der Waals surface area contributed by atoms with Crippen molar-refractivity contribution in [3.8, 4) is 11.5 Å². The number of hydrogen-bond acceptors (Lipinski definition) is 5. The number of hydrogen-bond donors (Lipinski definition) is 2. The van der Waals surface area contributed by atoms with Gasteiger partial charge in [-0.3, -0.25) is 9.62 Å². The molecule has 1 heterocycles. The number of carbonyl (C=O) groups is 1. The van der Waals surface area contributed by atoms with Crippen molar-refractivity contribution in [1.82, 2.24) is 15.1 Å². The third-order valence-corrected chi connectivity index (χ3v) is 8.72. The molecule has 0 aromatic heterocycles. The van der Waals surface area contributed by atoms with Gasteiger partial charge >= 0.3 is 6.03 Å². The molecule has 1 aliphatic carbocycles. The summed E-state index contributed by atoms with van der Waals surface area (Å²) in [5, 5.41) is 3.38. The molecule has 2 fully saturated rings. The Hall–Kier alpha value is -3.27. The van der Waals surface area contributed by atoms with Gasteiger partial charge in [0.05, 0.1) is 6.26 Å². The maximum atomic E-state index is 13.5. The number of ether oxygens (including phenoxy) is 1. The summed E-state index contributed by atoms with van der Waals surface area (Å²) in [7, 11) is -3.31. The molecule has 8 nitrogen and oxygen atoms in total. The van der Waals surface area contributed by atoms with E-state index in [1.165, 1.54) is 30.4 Å². The van der Waals surface area contributed by atoms with Crippen LogP contribution in [0.25, 0.3) is 0 Å². The van der Waals surface area contributed by atoms with E-state index in [-0.39, 0.29) is 24.5 Å². The van der Waals surface area contributed by atoms with Crippen LogP contribution in [0.5, 0.6) is 11.5 Å². The van der Waals surface area contributed by atoms with Crippen LogP contribution in [0.1, 0.15) is 56.1 Å². The molecule has 0 spiro atoms. The summed E-state index contributed by atoms with van der Waals surface area (Å²) in [6, 6.07) is 25.8. The number of anilines is 1. The van der Waals surface area contributed by atoms with Crippen LogP contribution >= 0.6 is 12.4 Å². The Morgan fingerprint density at radius 2 is 1.44 bits per heavy atom. The average Bonchev–Trinajstić information content (AvgIpc) is 2.99. The molecule has 232 valence electrons. The first-order valence-corrected chi connectivity index (χ1v) is 16.9. The third-order valence-electron chi connectivity index (χ3n) is 8.11. The number of halogens is 1. The van der Waals surface area contributed by atoms with Crippen LogP contribution in [-0.2, 0) is 23.1 Å². The van der Waals surface area contributed by atoms with E-state index < -0.39 is 10.0 Å². The summed E-state index contributed by atoms with van der Waals surface area (Å²) in [5.41, 5.74) is 2.89. The molecule has 2 amide bonds. The van der Waals surface area contributed by atoms with Gasteiger partial charge in [0.1, 0.15) is 11.5 Å². The number of rotatable bonds is 10. The Balaban J connectivity index is 0.00000423. The Labute approximate surface area is 262 Å². The summed E-state index contributed by atoms with van der Waals surface area (Å²) >= 11 is 0. The van der Waals surface area contributed by atoms with Gasteiger partial charge in [-0.05, 0) is 73.2 Å². The van der Waals surface area contributed by atoms with E-state index in [2.05, 4.69) is 44.1 Å². The molecule has 3 aromatic carbocycles. The number of likely N-dealkylation sites (tertiary alicyclic amines) is 1. The van der Waals surface area contributed by atoms with Crippen LogP contribution < -0.4 is 14.8 Å². The molecule has 1 saturated heterocycles. The Bertz CT molecular complexity index is 1390. The SMILES string of the molecule is CS(=O)(=O)Nc1ccc(Oc2ccc(CN3CCC(NC(=O)N(Cc4ccccc4)C4CCCCC4)CC3)cc2)cc1.Cl. The average molecular weight is 627 g/mol. The second kappa shape index (κ2) is 15.5. The molecule has 1 saturated carbocycles. The molecule has 10 heteroatoms. The van der Waals surface area contributed by atoms with E-state index >= 15 is 0 Å². The van der Waals surface area contributed by atoms with Crippen molar-refractivity contribution < 1.29 is 17.9 Å².